The molecule has 0 saturated heterocycles. The number of ether oxygens (including phenoxy) is 1. The molecule has 0 aromatic carbocycles. The van der Waals surface area contributed by atoms with Gasteiger partial charge in [-0.3, -0.25) is 4.79 Å². The molecule has 0 bridgehead atoms. The van der Waals surface area contributed by atoms with E-state index in [2.05, 4.69) is 0 Å². The Bertz CT molecular complexity index is 399. The number of hydrogen-bond donors (Lipinski definition) is 1. The Hall–Kier alpha value is -1.33. The van der Waals surface area contributed by atoms with E-state index in [0.717, 1.165) is 6.54 Å². The summed E-state index contributed by atoms with van der Waals surface area (Å²) in [5.41, 5.74) is 0.403. The maximum atomic E-state index is 11.5. The minimum Gasteiger partial charge on any atom is -0.491 e. The van der Waals surface area contributed by atoms with Crippen LogP contribution < -0.4 is 10.2 Å². The monoisotopic (exact) mass is 226 g/mol. The normalized spacial score (nSPS) is 10.8. The summed E-state index contributed by atoms with van der Waals surface area (Å²) in [5, 5.41) is 9.16. The first-order chi connectivity index (χ1) is 7.58. The van der Waals surface area contributed by atoms with Gasteiger partial charge in [-0.1, -0.05) is 0 Å². The molecule has 1 aromatic heterocycles. The topological polar surface area (TPSA) is 54.7 Å². The van der Waals surface area contributed by atoms with Crippen LogP contribution in [0.4, 0.5) is 0 Å². The van der Waals surface area contributed by atoms with E-state index in [-0.39, 0.29) is 12.0 Å². The van der Waals surface area contributed by atoms with Gasteiger partial charge in [-0.05, 0) is 14.1 Å². The first-order valence-corrected chi connectivity index (χ1v) is 5.11. The largest absolute Gasteiger partial charge is 0.491 e. The molecule has 0 radical (unpaired) electrons. The van der Waals surface area contributed by atoms with Crippen molar-refractivity contribution >= 4 is 0 Å². The summed E-state index contributed by atoms with van der Waals surface area (Å²) >= 11 is 0. The van der Waals surface area contributed by atoms with Gasteiger partial charge in [-0.2, -0.15) is 0 Å². The third-order valence-electron chi connectivity index (χ3n) is 2.35. The van der Waals surface area contributed by atoms with Gasteiger partial charge < -0.3 is 19.3 Å². The summed E-state index contributed by atoms with van der Waals surface area (Å²) in [6, 6.07) is 1.41. The first-order valence-electron chi connectivity index (χ1n) is 5.11. The summed E-state index contributed by atoms with van der Waals surface area (Å²) in [5.74, 6) is 0.302. The number of rotatable bonds is 5. The molecule has 0 saturated carbocycles. The average Bonchev–Trinajstić information content (AvgIpc) is 2.26. The van der Waals surface area contributed by atoms with E-state index in [4.69, 9.17) is 9.84 Å². The van der Waals surface area contributed by atoms with E-state index in [1.54, 1.807) is 6.20 Å². The van der Waals surface area contributed by atoms with Crippen molar-refractivity contribution in [1.29, 1.82) is 0 Å². The molecular weight excluding hydrogens is 208 g/mol. The number of methoxy groups -OCH3 is 1. The van der Waals surface area contributed by atoms with Crippen LogP contribution in [0.25, 0.3) is 0 Å². The van der Waals surface area contributed by atoms with Crippen LogP contribution in [0.1, 0.15) is 5.69 Å². The van der Waals surface area contributed by atoms with E-state index < -0.39 is 0 Å². The molecule has 1 aromatic rings. The zero-order chi connectivity index (χ0) is 12.1. The highest BCUT2D eigenvalue weighted by molar-refractivity contribution is 5.21. The maximum Gasteiger partial charge on any atom is 0.223 e. The number of hydrogen-bond acceptors (Lipinski definition) is 4. The summed E-state index contributed by atoms with van der Waals surface area (Å²) in [7, 11) is 5.41. The minimum atomic E-state index is -0.201. The molecule has 0 spiro atoms. The number of nitrogens with zero attached hydrogens (tertiary/aromatic N) is 2. The van der Waals surface area contributed by atoms with E-state index >= 15 is 0 Å². The molecule has 0 amide bonds. The van der Waals surface area contributed by atoms with Gasteiger partial charge in [0.05, 0.1) is 19.9 Å². The lowest BCUT2D eigenvalue weighted by Gasteiger charge is -2.16. The lowest BCUT2D eigenvalue weighted by molar-refractivity contribution is 0.265. The van der Waals surface area contributed by atoms with Crippen molar-refractivity contribution in [1.82, 2.24) is 9.47 Å². The molecule has 0 aliphatic heterocycles. The molecule has 90 valence electrons. The summed E-state index contributed by atoms with van der Waals surface area (Å²) in [6.07, 6.45) is 1.64. The van der Waals surface area contributed by atoms with Crippen molar-refractivity contribution in [2.75, 3.05) is 27.7 Å². The van der Waals surface area contributed by atoms with Gasteiger partial charge in [0.1, 0.15) is 0 Å². The second kappa shape index (κ2) is 5.67. The van der Waals surface area contributed by atoms with Gasteiger partial charge >= 0.3 is 0 Å². The third-order valence-corrected chi connectivity index (χ3v) is 2.35. The Kier molecular flexibility index (Phi) is 4.52. The fraction of sp³-hybridized carbons (Fsp3) is 0.545. The van der Waals surface area contributed by atoms with Crippen molar-refractivity contribution in [3.8, 4) is 5.75 Å². The molecule has 5 heteroatoms. The van der Waals surface area contributed by atoms with E-state index in [0.29, 0.717) is 18.0 Å². The van der Waals surface area contributed by atoms with Crippen molar-refractivity contribution in [2.45, 2.75) is 13.2 Å². The molecule has 0 fully saturated rings. The van der Waals surface area contributed by atoms with Crippen LogP contribution in [0.15, 0.2) is 17.1 Å². The van der Waals surface area contributed by atoms with Crippen LogP contribution in [0.5, 0.6) is 5.75 Å². The van der Waals surface area contributed by atoms with Gasteiger partial charge in [0.2, 0.25) is 5.43 Å². The number of aromatic nitrogens is 1. The Morgan fingerprint density at radius 1 is 1.50 bits per heavy atom. The van der Waals surface area contributed by atoms with Crippen LogP contribution in [-0.4, -0.2) is 42.3 Å². The van der Waals surface area contributed by atoms with Crippen molar-refractivity contribution in [3.05, 3.63) is 28.2 Å². The summed E-state index contributed by atoms with van der Waals surface area (Å²) < 4.78 is 6.80. The lowest BCUT2D eigenvalue weighted by Crippen LogP contribution is -2.22. The van der Waals surface area contributed by atoms with Gasteiger partial charge in [0.15, 0.2) is 5.75 Å². The van der Waals surface area contributed by atoms with Crippen molar-refractivity contribution in [2.24, 2.45) is 0 Å². The Morgan fingerprint density at radius 2 is 2.19 bits per heavy atom. The Labute approximate surface area is 94.9 Å². The Balaban J connectivity index is 3.00. The summed E-state index contributed by atoms with van der Waals surface area (Å²) in [6.45, 7) is 1.39. The fourth-order valence-electron chi connectivity index (χ4n) is 1.40. The highest BCUT2D eigenvalue weighted by Crippen LogP contribution is 2.06. The molecule has 5 nitrogen and oxygen atoms in total. The molecule has 1 N–H and O–H groups in total. The number of aliphatic hydroxyl groups excluding tert-OH is 1. The molecule has 16 heavy (non-hydrogen) atoms. The molecular formula is C11H18N2O3. The van der Waals surface area contributed by atoms with Gasteiger partial charge in [-0.25, -0.2) is 0 Å². The van der Waals surface area contributed by atoms with Crippen LogP contribution in [0.2, 0.25) is 0 Å². The van der Waals surface area contributed by atoms with Gasteiger partial charge in [0, 0.05) is 24.8 Å². The highest BCUT2D eigenvalue weighted by atomic mass is 16.5. The second-order valence-electron chi connectivity index (χ2n) is 3.85. The predicted octanol–water partition coefficient (Wildman–Crippen LogP) is -0.0892. The third kappa shape index (κ3) is 3.08. The molecule has 1 rings (SSSR count). The average molecular weight is 226 g/mol. The number of pyridine rings is 1. The van der Waals surface area contributed by atoms with Gasteiger partial charge in [-0.15, -0.1) is 0 Å². The SMILES string of the molecule is COc1cn(CCN(C)C)c(CO)cc1=O. The summed E-state index contributed by atoms with van der Waals surface area (Å²) in [4.78, 5) is 13.5. The van der Waals surface area contributed by atoms with Crippen LogP contribution in [0.3, 0.4) is 0 Å². The zero-order valence-electron chi connectivity index (χ0n) is 9.93. The highest BCUT2D eigenvalue weighted by Gasteiger charge is 2.06. The molecule has 0 aliphatic carbocycles. The van der Waals surface area contributed by atoms with E-state index in [9.17, 15) is 4.79 Å². The molecule has 0 aliphatic rings. The number of likely N-dealkylation sites (N-methyl/N-ethyl adjacent to an activating group) is 1. The van der Waals surface area contributed by atoms with Crippen LogP contribution in [-0.2, 0) is 13.2 Å². The quantitative estimate of drug-likeness (QED) is 0.762. The maximum absolute atomic E-state index is 11.5. The van der Waals surface area contributed by atoms with Crippen LogP contribution >= 0.6 is 0 Å². The van der Waals surface area contributed by atoms with E-state index in [1.807, 2.05) is 23.6 Å². The minimum absolute atomic E-state index is 0.146. The van der Waals surface area contributed by atoms with E-state index in [1.165, 1.54) is 13.2 Å². The number of aliphatic hydroxyl groups is 1. The first kappa shape index (κ1) is 12.7. The van der Waals surface area contributed by atoms with Gasteiger partial charge in [0.25, 0.3) is 0 Å². The Morgan fingerprint density at radius 3 is 2.69 bits per heavy atom. The van der Waals surface area contributed by atoms with Crippen LogP contribution in [0, 0.1) is 0 Å². The zero-order valence-corrected chi connectivity index (χ0v) is 9.93. The standard InChI is InChI=1S/C11H18N2O3/c1-12(2)4-5-13-7-11(16-3)10(15)6-9(13)8-14/h6-7,14H,4-5,8H2,1-3H3. The lowest BCUT2D eigenvalue weighted by atomic mass is 10.3. The predicted molar refractivity (Wildman–Crippen MR) is 61.7 cm³/mol. The molecule has 1 heterocycles. The fourth-order valence-corrected chi connectivity index (χ4v) is 1.40. The smallest absolute Gasteiger partial charge is 0.223 e. The van der Waals surface area contributed by atoms with Crippen molar-refractivity contribution < 1.29 is 9.84 Å². The second-order valence-corrected chi connectivity index (χ2v) is 3.85. The van der Waals surface area contributed by atoms with Crippen molar-refractivity contribution in [3.63, 3.8) is 0 Å². The molecule has 0 unspecified atom stereocenters. The molecule has 0 atom stereocenters.